The van der Waals surface area contributed by atoms with Crippen molar-refractivity contribution >= 4 is 15.9 Å². The first-order valence-corrected chi connectivity index (χ1v) is 5.26. The predicted octanol–water partition coefficient (Wildman–Crippen LogP) is 3.34. The Morgan fingerprint density at radius 3 is 2.47 bits per heavy atom. The van der Waals surface area contributed by atoms with E-state index in [1.807, 2.05) is 31.2 Å². The van der Waals surface area contributed by atoms with Gasteiger partial charge in [0.15, 0.2) is 5.75 Å². The van der Waals surface area contributed by atoms with Gasteiger partial charge in [0.05, 0.1) is 16.9 Å². The number of rotatable bonds is 2. The lowest BCUT2D eigenvalue weighted by Gasteiger charge is -2.06. The Bertz CT molecular complexity index is 456. The van der Waals surface area contributed by atoms with Crippen LogP contribution < -0.4 is 4.74 Å². The molecule has 0 N–H and O–H groups in total. The fraction of sp³-hybridized carbons (Fsp3) is 0.0909. The highest BCUT2D eigenvalue weighted by Crippen LogP contribution is 2.28. The molecule has 76 valence electrons. The van der Waals surface area contributed by atoms with Gasteiger partial charge < -0.3 is 4.74 Å². The maximum Gasteiger partial charge on any atom is 0.164 e. The molecule has 0 aliphatic carbocycles. The van der Waals surface area contributed by atoms with Crippen LogP contribution in [0.2, 0.25) is 0 Å². The second kappa shape index (κ2) is 4.40. The van der Waals surface area contributed by atoms with Gasteiger partial charge >= 0.3 is 0 Å². The Morgan fingerprint density at radius 1 is 1.13 bits per heavy atom. The number of hydrogen-bond acceptors (Lipinski definition) is 3. The molecular formula is C11H9BrN2O. The molecule has 0 aliphatic rings. The van der Waals surface area contributed by atoms with Crippen molar-refractivity contribution in [2.75, 3.05) is 0 Å². The van der Waals surface area contributed by atoms with Crippen molar-refractivity contribution in [2.24, 2.45) is 0 Å². The van der Waals surface area contributed by atoms with E-state index in [0.717, 1.165) is 16.0 Å². The van der Waals surface area contributed by atoms with E-state index in [1.54, 1.807) is 12.4 Å². The molecule has 0 spiro atoms. The average Bonchev–Trinajstić information content (AvgIpc) is 2.25. The largest absolute Gasteiger partial charge is 0.453 e. The molecule has 1 heterocycles. The van der Waals surface area contributed by atoms with Crippen LogP contribution in [0.5, 0.6) is 11.5 Å². The van der Waals surface area contributed by atoms with E-state index >= 15 is 0 Å². The van der Waals surface area contributed by atoms with E-state index in [-0.39, 0.29) is 0 Å². The molecule has 3 nitrogen and oxygen atoms in total. The van der Waals surface area contributed by atoms with Crippen molar-refractivity contribution in [1.29, 1.82) is 0 Å². The quantitative estimate of drug-likeness (QED) is 0.835. The molecule has 0 amide bonds. The zero-order chi connectivity index (χ0) is 10.7. The molecule has 0 atom stereocenters. The molecule has 0 unspecified atom stereocenters. The lowest BCUT2D eigenvalue weighted by atomic mass is 10.3. The topological polar surface area (TPSA) is 35.0 Å². The molecule has 4 heteroatoms. The minimum atomic E-state index is 0.632. The van der Waals surface area contributed by atoms with E-state index in [1.165, 1.54) is 0 Å². The molecule has 0 saturated heterocycles. The maximum atomic E-state index is 5.59. The normalized spacial score (nSPS) is 10.0. The molecular weight excluding hydrogens is 256 g/mol. The van der Waals surface area contributed by atoms with E-state index < -0.39 is 0 Å². The summed E-state index contributed by atoms with van der Waals surface area (Å²) >= 11 is 3.40. The molecule has 15 heavy (non-hydrogen) atoms. The van der Waals surface area contributed by atoms with Gasteiger partial charge in [0.1, 0.15) is 11.6 Å². The van der Waals surface area contributed by atoms with Crippen LogP contribution in [0.4, 0.5) is 0 Å². The van der Waals surface area contributed by atoms with Gasteiger partial charge in [-0.1, -0.05) is 12.1 Å². The van der Waals surface area contributed by atoms with Crippen molar-refractivity contribution in [3.05, 3.63) is 47.0 Å². The molecule has 0 saturated carbocycles. The molecule has 0 fully saturated rings. The lowest BCUT2D eigenvalue weighted by molar-refractivity contribution is 0.474. The number of aryl methyl sites for hydroxylation is 1. The molecule has 1 aromatic carbocycles. The molecule has 2 aromatic rings. The van der Waals surface area contributed by atoms with E-state index in [9.17, 15) is 0 Å². The Morgan fingerprint density at radius 2 is 1.80 bits per heavy atom. The van der Waals surface area contributed by atoms with Gasteiger partial charge in [0, 0.05) is 0 Å². The van der Waals surface area contributed by atoms with Crippen LogP contribution >= 0.6 is 15.9 Å². The summed E-state index contributed by atoms with van der Waals surface area (Å²) < 4.78 is 6.50. The molecule has 0 bridgehead atoms. The minimum Gasteiger partial charge on any atom is -0.453 e. The first kappa shape index (κ1) is 10.1. The minimum absolute atomic E-state index is 0.632. The van der Waals surface area contributed by atoms with Gasteiger partial charge in [-0.15, -0.1) is 0 Å². The van der Waals surface area contributed by atoms with Crippen LogP contribution in [0, 0.1) is 6.92 Å². The highest BCUT2D eigenvalue weighted by molar-refractivity contribution is 9.10. The van der Waals surface area contributed by atoms with Gasteiger partial charge in [-0.3, -0.25) is 0 Å². The zero-order valence-corrected chi connectivity index (χ0v) is 9.73. The maximum absolute atomic E-state index is 5.59. The number of ether oxygens (including phenoxy) is 1. The standard InChI is InChI=1S/C11H9BrN2O/c1-8-13-6-9(7-14-8)15-11-5-3-2-4-10(11)12/h2-7H,1H3. The molecule has 2 rings (SSSR count). The molecule has 0 aliphatic heterocycles. The highest BCUT2D eigenvalue weighted by atomic mass is 79.9. The summed E-state index contributed by atoms with van der Waals surface area (Å²) in [7, 11) is 0. The number of hydrogen-bond donors (Lipinski definition) is 0. The SMILES string of the molecule is Cc1ncc(Oc2ccccc2Br)cn1. The van der Waals surface area contributed by atoms with Crippen molar-refractivity contribution in [3.8, 4) is 11.5 Å². The number of para-hydroxylation sites is 1. The Labute approximate surface area is 96.3 Å². The summed E-state index contributed by atoms with van der Waals surface area (Å²) in [4.78, 5) is 8.11. The molecule has 0 radical (unpaired) electrons. The lowest BCUT2D eigenvalue weighted by Crippen LogP contribution is -1.90. The van der Waals surface area contributed by atoms with Gasteiger partial charge in [-0.25, -0.2) is 9.97 Å². The first-order chi connectivity index (χ1) is 7.25. The molecule has 1 aromatic heterocycles. The monoisotopic (exact) mass is 264 g/mol. The van der Waals surface area contributed by atoms with Crippen LogP contribution in [0.25, 0.3) is 0 Å². The number of halogens is 1. The van der Waals surface area contributed by atoms with Crippen molar-refractivity contribution < 1.29 is 4.74 Å². The summed E-state index contributed by atoms with van der Waals surface area (Å²) in [5.74, 6) is 2.12. The third-order valence-electron chi connectivity index (χ3n) is 1.82. The Kier molecular flexibility index (Phi) is 2.97. The van der Waals surface area contributed by atoms with Crippen LogP contribution in [-0.4, -0.2) is 9.97 Å². The van der Waals surface area contributed by atoms with Crippen molar-refractivity contribution in [1.82, 2.24) is 9.97 Å². The number of benzene rings is 1. The predicted molar refractivity (Wildman–Crippen MR) is 61.0 cm³/mol. The van der Waals surface area contributed by atoms with E-state index in [2.05, 4.69) is 25.9 Å². The Balaban J connectivity index is 2.22. The fourth-order valence-corrected chi connectivity index (χ4v) is 1.45. The van der Waals surface area contributed by atoms with Gasteiger partial charge in [0.25, 0.3) is 0 Å². The summed E-state index contributed by atoms with van der Waals surface area (Å²) in [6, 6.07) is 7.64. The van der Waals surface area contributed by atoms with Gasteiger partial charge in [-0.2, -0.15) is 0 Å². The zero-order valence-electron chi connectivity index (χ0n) is 8.14. The van der Waals surface area contributed by atoms with E-state index in [4.69, 9.17) is 4.74 Å². The van der Waals surface area contributed by atoms with Gasteiger partial charge in [0.2, 0.25) is 0 Å². The third kappa shape index (κ3) is 2.53. The van der Waals surface area contributed by atoms with Crippen LogP contribution in [-0.2, 0) is 0 Å². The second-order valence-corrected chi connectivity index (χ2v) is 3.85. The Hall–Kier alpha value is -1.42. The van der Waals surface area contributed by atoms with Crippen LogP contribution in [0.15, 0.2) is 41.1 Å². The number of nitrogens with zero attached hydrogens (tertiary/aromatic N) is 2. The summed E-state index contributed by atoms with van der Waals surface area (Å²) in [5, 5.41) is 0. The van der Waals surface area contributed by atoms with Crippen molar-refractivity contribution in [2.45, 2.75) is 6.92 Å². The third-order valence-corrected chi connectivity index (χ3v) is 2.48. The van der Waals surface area contributed by atoms with Crippen molar-refractivity contribution in [3.63, 3.8) is 0 Å². The fourth-order valence-electron chi connectivity index (χ4n) is 1.09. The van der Waals surface area contributed by atoms with E-state index in [0.29, 0.717) is 5.75 Å². The smallest absolute Gasteiger partial charge is 0.164 e. The van der Waals surface area contributed by atoms with Crippen LogP contribution in [0.1, 0.15) is 5.82 Å². The summed E-state index contributed by atoms with van der Waals surface area (Å²) in [6.45, 7) is 1.84. The average molecular weight is 265 g/mol. The van der Waals surface area contributed by atoms with Crippen LogP contribution in [0.3, 0.4) is 0 Å². The number of aromatic nitrogens is 2. The van der Waals surface area contributed by atoms with Gasteiger partial charge in [-0.05, 0) is 35.0 Å². The summed E-state index contributed by atoms with van der Waals surface area (Å²) in [6.07, 6.45) is 3.31. The highest BCUT2D eigenvalue weighted by Gasteiger charge is 2.01. The summed E-state index contributed by atoms with van der Waals surface area (Å²) in [5.41, 5.74) is 0. The second-order valence-electron chi connectivity index (χ2n) is 3.00. The first-order valence-electron chi connectivity index (χ1n) is 4.47.